The van der Waals surface area contributed by atoms with Gasteiger partial charge in [0.2, 0.25) is 0 Å². The Kier molecular flexibility index (Phi) is 4.16. The van der Waals surface area contributed by atoms with E-state index in [4.69, 9.17) is 4.74 Å². The minimum atomic E-state index is -0.257. The predicted octanol–water partition coefficient (Wildman–Crippen LogP) is 4.76. The second-order valence-electron chi connectivity index (χ2n) is 8.21. The second-order valence-corrected chi connectivity index (χ2v) is 8.21. The smallest absolute Gasteiger partial charge is 0.125 e. The number of hydrogen-bond acceptors (Lipinski definition) is 3. The number of aromatic nitrogens is 2. The molecule has 1 aliphatic carbocycles. The van der Waals surface area contributed by atoms with Crippen LogP contribution in [0.2, 0.25) is 0 Å². The average molecular weight is 380 g/mol. The molecule has 1 fully saturated rings. The van der Waals surface area contributed by atoms with Crippen molar-refractivity contribution in [3.05, 3.63) is 54.0 Å². The summed E-state index contributed by atoms with van der Waals surface area (Å²) >= 11 is 0. The molecule has 0 spiro atoms. The molecule has 3 unspecified atom stereocenters. The van der Waals surface area contributed by atoms with Crippen molar-refractivity contribution in [2.75, 3.05) is 6.61 Å². The zero-order valence-corrected chi connectivity index (χ0v) is 16.1. The normalized spacial score (nSPS) is 27.0. The third kappa shape index (κ3) is 2.64. The van der Waals surface area contributed by atoms with Crippen molar-refractivity contribution >= 4 is 10.9 Å². The summed E-state index contributed by atoms with van der Waals surface area (Å²) in [5.74, 6) is 1.11. The Labute approximate surface area is 163 Å². The Balaban J connectivity index is 1.66. The second kappa shape index (κ2) is 6.59. The number of nitrogens with zero attached hydrogens (tertiary/aromatic N) is 2. The zero-order valence-electron chi connectivity index (χ0n) is 16.1. The van der Waals surface area contributed by atoms with Crippen LogP contribution in [0, 0.1) is 11.7 Å². The monoisotopic (exact) mass is 380 g/mol. The highest BCUT2D eigenvalue weighted by Gasteiger charge is 2.46. The molecule has 0 saturated heterocycles. The number of aliphatic hydroxyl groups is 1. The molecule has 1 aromatic heterocycles. The van der Waals surface area contributed by atoms with E-state index in [0.717, 1.165) is 54.4 Å². The molecule has 3 aromatic rings. The summed E-state index contributed by atoms with van der Waals surface area (Å²) in [6, 6.07) is 10.7. The molecule has 4 nitrogen and oxygen atoms in total. The molecule has 1 aliphatic heterocycles. The van der Waals surface area contributed by atoms with Crippen LogP contribution in [0.3, 0.4) is 0 Å². The topological polar surface area (TPSA) is 47.3 Å². The molecule has 0 radical (unpaired) electrons. The average Bonchev–Trinajstić information content (AvgIpc) is 3.04. The lowest BCUT2D eigenvalue weighted by atomic mass is 9.59. The molecule has 5 rings (SSSR count). The standard InChI is InChI=1S/C23H25FN2O2/c1-2-23-9-7-19(27)12-16(23)8-10-28-22-13-21-15(11-20(22)23)14-25-26(21)18-5-3-17(24)4-6-18/h3-6,11,13-14,16,19,27H,2,7-10,12H2,1H3. The maximum Gasteiger partial charge on any atom is 0.125 e. The van der Waals surface area contributed by atoms with E-state index in [9.17, 15) is 9.50 Å². The van der Waals surface area contributed by atoms with Crippen LogP contribution in [0.1, 0.15) is 44.6 Å². The summed E-state index contributed by atoms with van der Waals surface area (Å²) in [6.07, 6.45) is 6.37. The van der Waals surface area contributed by atoms with Gasteiger partial charge in [0.1, 0.15) is 11.6 Å². The van der Waals surface area contributed by atoms with Gasteiger partial charge < -0.3 is 9.84 Å². The van der Waals surface area contributed by atoms with Crippen molar-refractivity contribution < 1.29 is 14.2 Å². The van der Waals surface area contributed by atoms with Gasteiger partial charge in [0.05, 0.1) is 30.1 Å². The van der Waals surface area contributed by atoms with E-state index < -0.39 is 0 Å². The van der Waals surface area contributed by atoms with Gasteiger partial charge in [-0.3, -0.25) is 0 Å². The van der Waals surface area contributed by atoms with Crippen LogP contribution in [0.4, 0.5) is 4.39 Å². The number of benzene rings is 2. The molecule has 2 heterocycles. The lowest BCUT2D eigenvalue weighted by Gasteiger charge is -2.45. The fraction of sp³-hybridized carbons (Fsp3) is 0.435. The maximum atomic E-state index is 13.3. The quantitative estimate of drug-likeness (QED) is 0.698. The highest BCUT2D eigenvalue weighted by Crippen LogP contribution is 2.52. The van der Waals surface area contributed by atoms with Crippen molar-refractivity contribution in [2.24, 2.45) is 5.92 Å². The number of fused-ring (bicyclic) bond motifs is 4. The van der Waals surface area contributed by atoms with Crippen LogP contribution >= 0.6 is 0 Å². The maximum absolute atomic E-state index is 13.3. The fourth-order valence-corrected chi connectivity index (χ4v) is 5.37. The Morgan fingerprint density at radius 3 is 2.86 bits per heavy atom. The van der Waals surface area contributed by atoms with Crippen LogP contribution in [-0.4, -0.2) is 27.6 Å². The highest BCUT2D eigenvalue weighted by atomic mass is 19.1. The van der Waals surface area contributed by atoms with E-state index >= 15 is 0 Å². The third-order valence-corrected chi connectivity index (χ3v) is 6.89. The lowest BCUT2D eigenvalue weighted by Crippen LogP contribution is -2.41. The largest absolute Gasteiger partial charge is 0.493 e. The summed E-state index contributed by atoms with van der Waals surface area (Å²) < 4.78 is 21.4. The van der Waals surface area contributed by atoms with Gasteiger partial charge in [-0.2, -0.15) is 5.10 Å². The van der Waals surface area contributed by atoms with Gasteiger partial charge in [-0.05, 0) is 68.4 Å². The minimum absolute atomic E-state index is 0.0528. The zero-order chi connectivity index (χ0) is 19.3. The van der Waals surface area contributed by atoms with Crippen molar-refractivity contribution in [1.82, 2.24) is 9.78 Å². The molecule has 1 N–H and O–H groups in total. The molecule has 5 heteroatoms. The molecule has 146 valence electrons. The van der Waals surface area contributed by atoms with Crippen molar-refractivity contribution in [2.45, 2.75) is 50.5 Å². The molecule has 3 atom stereocenters. The number of aliphatic hydroxyl groups excluding tert-OH is 1. The number of rotatable bonds is 2. The molecule has 28 heavy (non-hydrogen) atoms. The van der Waals surface area contributed by atoms with Crippen LogP contribution in [0.5, 0.6) is 5.75 Å². The van der Waals surface area contributed by atoms with E-state index in [1.807, 2.05) is 10.9 Å². The van der Waals surface area contributed by atoms with Crippen LogP contribution in [0.15, 0.2) is 42.6 Å². The lowest BCUT2D eigenvalue weighted by molar-refractivity contribution is 0.0444. The van der Waals surface area contributed by atoms with Crippen LogP contribution in [0.25, 0.3) is 16.6 Å². The molecular formula is C23H25FN2O2. The predicted molar refractivity (Wildman–Crippen MR) is 106 cm³/mol. The summed E-state index contributed by atoms with van der Waals surface area (Å²) in [5.41, 5.74) is 3.10. The summed E-state index contributed by atoms with van der Waals surface area (Å²) in [4.78, 5) is 0. The Hall–Kier alpha value is -2.40. The molecular weight excluding hydrogens is 355 g/mol. The van der Waals surface area contributed by atoms with E-state index in [0.29, 0.717) is 12.5 Å². The van der Waals surface area contributed by atoms with E-state index in [2.05, 4.69) is 24.2 Å². The van der Waals surface area contributed by atoms with E-state index in [1.54, 1.807) is 12.1 Å². The van der Waals surface area contributed by atoms with Gasteiger partial charge >= 0.3 is 0 Å². The first-order valence-corrected chi connectivity index (χ1v) is 10.2. The van der Waals surface area contributed by atoms with Gasteiger partial charge in [-0.1, -0.05) is 6.92 Å². The van der Waals surface area contributed by atoms with Crippen molar-refractivity contribution in [3.63, 3.8) is 0 Å². The summed E-state index contributed by atoms with van der Waals surface area (Å²) in [6.45, 7) is 2.92. The number of ether oxygens (including phenoxy) is 1. The first-order chi connectivity index (χ1) is 13.6. The third-order valence-electron chi connectivity index (χ3n) is 6.89. The summed E-state index contributed by atoms with van der Waals surface area (Å²) in [5, 5.41) is 15.9. The van der Waals surface area contributed by atoms with Crippen LogP contribution < -0.4 is 4.74 Å². The number of halogens is 1. The van der Waals surface area contributed by atoms with Gasteiger partial charge in [0.15, 0.2) is 0 Å². The van der Waals surface area contributed by atoms with E-state index in [1.165, 1.54) is 17.7 Å². The molecule has 1 saturated carbocycles. The molecule has 0 amide bonds. The van der Waals surface area contributed by atoms with Gasteiger partial charge in [-0.15, -0.1) is 0 Å². The Morgan fingerprint density at radius 2 is 2.07 bits per heavy atom. The Bertz CT molecular complexity index is 1010. The molecule has 2 aliphatic rings. The Morgan fingerprint density at radius 1 is 1.25 bits per heavy atom. The molecule has 2 aromatic carbocycles. The van der Waals surface area contributed by atoms with E-state index in [-0.39, 0.29) is 17.3 Å². The fourth-order valence-electron chi connectivity index (χ4n) is 5.37. The van der Waals surface area contributed by atoms with Crippen molar-refractivity contribution in [1.29, 1.82) is 0 Å². The highest BCUT2D eigenvalue weighted by molar-refractivity contribution is 5.83. The number of hydrogen-bond donors (Lipinski definition) is 1. The van der Waals surface area contributed by atoms with Crippen molar-refractivity contribution in [3.8, 4) is 11.4 Å². The van der Waals surface area contributed by atoms with Gasteiger partial charge in [0, 0.05) is 22.4 Å². The van der Waals surface area contributed by atoms with Crippen LogP contribution in [-0.2, 0) is 5.41 Å². The van der Waals surface area contributed by atoms with Gasteiger partial charge in [-0.25, -0.2) is 9.07 Å². The first-order valence-electron chi connectivity index (χ1n) is 10.2. The minimum Gasteiger partial charge on any atom is -0.493 e. The SMILES string of the molecule is CCC12CCC(O)CC1CCOc1cc3c(cnn3-c3ccc(F)cc3)cc12. The first kappa shape index (κ1) is 17.7. The molecule has 0 bridgehead atoms. The summed E-state index contributed by atoms with van der Waals surface area (Å²) in [7, 11) is 0. The van der Waals surface area contributed by atoms with Gasteiger partial charge in [0.25, 0.3) is 0 Å².